The van der Waals surface area contributed by atoms with Crippen molar-refractivity contribution < 1.29 is 9.47 Å². The Bertz CT molecular complexity index is 1210. The second kappa shape index (κ2) is 6.29. The topological polar surface area (TPSA) is 53.4 Å². The van der Waals surface area contributed by atoms with Crippen LogP contribution in [0.3, 0.4) is 0 Å². The van der Waals surface area contributed by atoms with Crippen LogP contribution in [0.4, 0.5) is 0 Å². The van der Waals surface area contributed by atoms with Gasteiger partial charge in [-0.15, -0.1) is 0 Å². The van der Waals surface area contributed by atoms with Gasteiger partial charge in [-0.2, -0.15) is 5.10 Å². The van der Waals surface area contributed by atoms with Gasteiger partial charge in [0.05, 0.1) is 12.2 Å². The molecule has 1 aromatic heterocycles. The lowest BCUT2D eigenvalue weighted by atomic mass is 10.0. The van der Waals surface area contributed by atoms with E-state index >= 15 is 0 Å². The zero-order valence-corrected chi connectivity index (χ0v) is 14.5. The summed E-state index contributed by atoms with van der Waals surface area (Å²) in [4.78, 5) is 12.4. The van der Waals surface area contributed by atoms with Crippen molar-refractivity contribution in [3.63, 3.8) is 0 Å². The molecule has 0 saturated heterocycles. The fourth-order valence-corrected chi connectivity index (χ4v) is 3.36. The van der Waals surface area contributed by atoms with E-state index in [4.69, 9.17) is 9.47 Å². The monoisotopic (exact) mass is 356 g/mol. The average molecular weight is 356 g/mol. The molecule has 0 amide bonds. The first-order valence-electron chi connectivity index (χ1n) is 8.73. The maximum atomic E-state index is 12.4. The highest BCUT2D eigenvalue weighted by Gasteiger charge is 2.15. The molecular formula is C22H16N2O3. The molecule has 2 heterocycles. The molecule has 0 spiro atoms. The van der Waals surface area contributed by atoms with Crippen molar-refractivity contribution >= 4 is 10.8 Å². The van der Waals surface area contributed by atoms with Crippen LogP contribution >= 0.6 is 0 Å². The van der Waals surface area contributed by atoms with E-state index in [1.165, 1.54) is 4.68 Å². The molecule has 3 aromatic carbocycles. The first-order valence-corrected chi connectivity index (χ1v) is 8.73. The van der Waals surface area contributed by atoms with E-state index in [-0.39, 0.29) is 12.4 Å². The summed E-state index contributed by atoms with van der Waals surface area (Å²) in [5.74, 6) is 1.42. The molecular weight excluding hydrogens is 340 g/mol. The van der Waals surface area contributed by atoms with Gasteiger partial charge in [-0.1, -0.05) is 42.5 Å². The van der Waals surface area contributed by atoms with Gasteiger partial charge in [-0.25, -0.2) is 4.68 Å². The van der Waals surface area contributed by atoms with Crippen LogP contribution in [0.5, 0.6) is 11.5 Å². The minimum atomic E-state index is -0.132. The van der Waals surface area contributed by atoms with E-state index < -0.39 is 0 Å². The highest BCUT2D eigenvalue weighted by atomic mass is 16.7. The minimum Gasteiger partial charge on any atom is -0.454 e. The third-order valence-electron chi connectivity index (χ3n) is 4.74. The number of benzene rings is 3. The molecule has 0 unspecified atom stereocenters. The van der Waals surface area contributed by atoms with Crippen molar-refractivity contribution in [3.8, 4) is 22.8 Å². The van der Waals surface area contributed by atoms with E-state index in [0.717, 1.165) is 27.6 Å². The predicted octanol–water partition coefficient (Wildman–Crippen LogP) is 3.84. The summed E-state index contributed by atoms with van der Waals surface area (Å²) in [7, 11) is 0. The van der Waals surface area contributed by atoms with Crippen molar-refractivity contribution in [1.29, 1.82) is 0 Å². The van der Waals surface area contributed by atoms with Crippen LogP contribution in [0, 0.1) is 0 Å². The molecule has 0 aliphatic carbocycles. The van der Waals surface area contributed by atoms with Crippen LogP contribution in [0.2, 0.25) is 0 Å². The maximum Gasteiger partial charge on any atom is 0.267 e. The summed E-state index contributed by atoms with van der Waals surface area (Å²) < 4.78 is 12.3. The van der Waals surface area contributed by atoms with E-state index in [9.17, 15) is 4.79 Å². The van der Waals surface area contributed by atoms with E-state index in [2.05, 4.69) is 23.3 Å². The number of hydrogen-bond acceptors (Lipinski definition) is 4. The number of rotatable bonds is 3. The fraction of sp³-hybridized carbons (Fsp3) is 0.0909. The van der Waals surface area contributed by atoms with Crippen molar-refractivity contribution in [2.24, 2.45) is 0 Å². The number of fused-ring (bicyclic) bond motifs is 2. The number of nitrogens with zero attached hydrogens (tertiary/aromatic N) is 2. The third kappa shape index (κ3) is 2.83. The average Bonchev–Trinajstić information content (AvgIpc) is 3.18. The summed E-state index contributed by atoms with van der Waals surface area (Å²) in [6, 6.07) is 23.2. The van der Waals surface area contributed by atoms with Gasteiger partial charge in [0.1, 0.15) is 0 Å². The second-order valence-corrected chi connectivity index (χ2v) is 6.42. The largest absolute Gasteiger partial charge is 0.454 e. The molecule has 0 saturated carbocycles. The van der Waals surface area contributed by atoms with Crippen LogP contribution in [-0.2, 0) is 6.54 Å². The highest BCUT2D eigenvalue weighted by molar-refractivity contribution is 5.85. The van der Waals surface area contributed by atoms with Gasteiger partial charge in [0.25, 0.3) is 5.56 Å². The Balaban J connectivity index is 1.55. The van der Waals surface area contributed by atoms with Crippen molar-refractivity contribution in [2.45, 2.75) is 6.54 Å². The summed E-state index contributed by atoms with van der Waals surface area (Å²) in [6.07, 6.45) is 0. The number of hydrogen-bond donors (Lipinski definition) is 0. The number of aromatic nitrogens is 2. The Hall–Kier alpha value is -3.60. The molecule has 4 aromatic rings. The maximum absolute atomic E-state index is 12.4. The van der Waals surface area contributed by atoms with Crippen molar-refractivity contribution in [3.05, 3.63) is 88.7 Å². The van der Waals surface area contributed by atoms with Gasteiger partial charge >= 0.3 is 0 Å². The summed E-state index contributed by atoms with van der Waals surface area (Å²) in [5, 5.41) is 6.85. The molecule has 5 heteroatoms. The van der Waals surface area contributed by atoms with Crippen LogP contribution in [0.25, 0.3) is 22.0 Å². The molecule has 0 radical (unpaired) electrons. The van der Waals surface area contributed by atoms with Gasteiger partial charge in [-0.05, 0) is 40.6 Å². The summed E-state index contributed by atoms with van der Waals surface area (Å²) in [5.41, 5.74) is 2.53. The van der Waals surface area contributed by atoms with E-state index in [0.29, 0.717) is 18.0 Å². The Kier molecular flexibility index (Phi) is 3.64. The zero-order chi connectivity index (χ0) is 18.2. The molecule has 1 aliphatic heterocycles. The smallest absolute Gasteiger partial charge is 0.267 e. The second-order valence-electron chi connectivity index (χ2n) is 6.42. The van der Waals surface area contributed by atoms with Gasteiger partial charge in [0.2, 0.25) is 6.79 Å². The first kappa shape index (κ1) is 15.6. The summed E-state index contributed by atoms with van der Waals surface area (Å²) in [6.45, 7) is 0.644. The van der Waals surface area contributed by atoms with Gasteiger partial charge < -0.3 is 9.47 Å². The molecule has 0 atom stereocenters. The van der Waals surface area contributed by atoms with E-state index in [1.54, 1.807) is 12.1 Å². The standard InChI is InChI=1S/C22H16N2O3/c25-22-11-9-19(16-8-10-20-21(12-16)27-14-26-20)23-24(22)13-17-6-3-5-15-4-1-2-7-18(15)17/h1-12H,13-14H2. The molecule has 132 valence electrons. The van der Waals surface area contributed by atoms with Gasteiger partial charge in [0.15, 0.2) is 11.5 Å². The van der Waals surface area contributed by atoms with Gasteiger partial charge in [0, 0.05) is 11.6 Å². The van der Waals surface area contributed by atoms with Crippen LogP contribution in [0.1, 0.15) is 5.56 Å². The molecule has 0 N–H and O–H groups in total. The van der Waals surface area contributed by atoms with Crippen LogP contribution in [0.15, 0.2) is 77.6 Å². The fourth-order valence-electron chi connectivity index (χ4n) is 3.36. The third-order valence-corrected chi connectivity index (χ3v) is 4.74. The Morgan fingerprint density at radius 3 is 2.70 bits per heavy atom. The lowest BCUT2D eigenvalue weighted by molar-refractivity contribution is 0.174. The van der Waals surface area contributed by atoms with Crippen LogP contribution in [-0.4, -0.2) is 16.6 Å². The molecule has 5 nitrogen and oxygen atoms in total. The minimum absolute atomic E-state index is 0.132. The quantitative estimate of drug-likeness (QED) is 0.560. The lowest BCUT2D eigenvalue weighted by Gasteiger charge is -2.10. The van der Waals surface area contributed by atoms with Gasteiger partial charge in [-0.3, -0.25) is 4.79 Å². The zero-order valence-electron chi connectivity index (χ0n) is 14.5. The van der Waals surface area contributed by atoms with Crippen LogP contribution < -0.4 is 15.0 Å². The summed E-state index contributed by atoms with van der Waals surface area (Å²) >= 11 is 0. The normalized spacial score (nSPS) is 12.4. The molecule has 1 aliphatic rings. The number of ether oxygens (including phenoxy) is 2. The highest BCUT2D eigenvalue weighted by Crippen LogP contribution is 2.35. The SMILES string of the molecule is O=c1ccc(-c2ccc3c(c2)OCO3)nn1Cc1cccc2ccccc12. The predicted molar refractivity (Wildman–Crippen MR) is 103 cm³/mol. The molecule has 0 bridgehead atoms. The Morgan fingerprint density at radius 2 is 1.74 bits per heavy atom. The Morgan fingerprint density at radius 1 is 0.889 bits per heavy atom. The van der Waals surface area contributed by atoms with Crippen molar-refractivity contribution in [2.75, 3.05) is 6.79 Å². The molecule has 0 fully saturated rings. The van der Waals surface area contributed by atoms with E-state index in [1.807, 2.05) is 42.5 Å². The molecule has 5 rings (SSSR count). The Labute approximate surface area is 155 Å². The first-order chi connectivity index (χ1) is 13.3. The molecule has 27 heavy (non-hydrogen) atoms. The van der Waals surface area contributed by atoms with Crippen molar-refractivity contribution in [1.82, 2.24) is 9.78 Å². The lowest BCUT2D eigenvalue weighted by Crippen LogP contribution is -2.22.